The maximum atomic E-state index is 13.9. The number of nitrogens with one attached hydrogen (secondary N) is 1. The van der Waals surface area contributed by atoms with Gasteiger partial charge in [-0.1, -0.05) is 41.4 Å². The zero-order valence-electron chi connectivity index (χ0n) is 15.0. The average molecular weight is 426 g/mol. The van der Waals surface area contributed by atoms with E-state index in [0.29, 0.717) is 10.0 Å². The van der Waals surface area contributed by atoms with Crippen molar-refractivity contribution < 1.29 is 4.39 Å². The lowest BCUT2D eigenvalue weighted by Crippen LogP contribution is -2.17. The molecule has 3 aliphatic rings. The molecule has 0 aromatic heterocycles. The Hall–Kier alpha value is -2.96. The van der Waals surface area contributed by atoms with E-state index in [0.717, 1.165) is 41.4 Å². The number of aromatic nitrogens is 3. The van der Waals surface area contributed by atoms with Crippen molar-refractivity contribution >= 4 is 34.7 Å². The summed E-state index contributed by atoms with van der Waals surface area (Å²) in [6, 6.07) is 13.7. The second-order valence-electron chi connectivity index (χ2n) is 6.62. The molecule has 0 atom stereocenters. The minimum atomic E-state index is -0.413. The van der Waals surface area contributed by atoms with Crippen LogP contribution < -0.4 is 10.9 Å². The van der Waals surface area contributed by atoms with Gasteiger partial charge in [-0.25, -0.2) is 14.4 Å². The third-order valence-electron chi connectivity index (χ3n) is 4.79. The van der Waals surface area contributed by atoms with E-state index in [-0.39, 0.29) is 11.3 Å². The number of para-hydroxylation sites is 1. The van der Waals surface area contributed by atoms with E-state index in [1.165, 1.54) is 6.07 Å². The van der Waals surface area contributed by atoms with E-state index in [1.807, 2.05) is 18.2 Å². The minimum Gasteiger partial charge on any atom is -0.369 e. The minimum absolute atomic E-state index is 0.205. The summed E-state index contributed by atoms with van der Waals surface area (Å²) in [6.45, 7) is 1.50. The Morgan fingerprint density at radius 3 is 2.76 bits per heavy atom. The predicted molar refractivity (Wildman–Crippen MR) is 112 cm³/mol. The van der Waals surface area contributed by atoms with Crippen molar-refractivity contribution in [1.82, 2.24) is 14.5 Å². The highest BCUT2D eigenvalue weighted by atomic mass is 35.5. The second-order valence-corrected chi connectivity index (χ2v) is 7.47. The van der Waals surface area contributed by atoms with Crippen LogP contribution in [0.25, 0.3) is 22.5 Å². The highest BCUT2D eigenvalue weighted by Gasteiger charge is 2.23. The molecular weight excluding hydrogens is 412 g/mol. The summed E-state index contributed by atoms with van der Waals surface area (Å²) in [5.41, 5.74) is 3.07. The standard InChI is InChI=1S/C21H14Cl2FN5/c22-13-5-6-14(16(23)10-13)15-9-12-11-26-21(27-18-4-2-1-3-17(18)24)28-19(12)29-8-7-25-20(15)29/h1-6,9-11,25H,7-8H2. The van der Waals surface area contributed by atoms with Gasteiger partial charge in [0.15, 0.2) is 0 Å². The molecule has 2 aromatic rings. The van der Waals surface area contributed by atoms with Crippen LogP contribution in [-0.2, 0) is 6.54 Å². The Balaban J connectivity index is 1.72. The number of hydrogen-bond acceptors (Lipinski definition) is 4. The van der Waals surface area contributed by atoms with E-state index in [9.17, 15) is 4.39 Å². The van der Waals surface area contributed by atoms with Crippen LogP contribution in [0.15, 0.2) is 59.7 Å². The highest BCUT2D eigenvalue weighted by Crippen LogP contribution is 2.40. The smallest absolute Gasteiger partial charge is 0.251 e. The van der Waals surface area contributed by atoms with Gasteiger partial charge in [0.2, 0.25) is 0 Å². The van der Waals surface area contributed by atoms with Crippen molar-refractivity contribution in [3.63, 3.8) is 0 Å². The molecule has 0 unspecified atom stereocenters. The van der Waals surface area contributed by atoms with Crippen molar-refractivity contribution in [2.45, 2.75) is 6.54 Å². The van der Waals surface area contributed by atoms with Crippen LogP contribution in [-0.4, -0.2) is 21.1 Å². The molecule has 8 heteroatoms. The maximum absolute atomic E-state index is 13.9. The molecule has 0 bridgehead atoms. The third-order valence-corrected chi connectivity index (χ3v) is 5.33. The molecule has 0 amide bonds. The quantitative estimate of drug-likeness (QED) is 0.482. The van der Waals surface area contributed by atoms with Gasteiger partial charge < -0.3 is 9.88 Å². The normalized spacial score (nSPS) is 13.6. The molecule has 1 N–H and O–H groups in total. The van der Waals surface area contributed by atoms with Crippen LogP contribution in [0, 0.1) is 5.82 Å². The van der Waals surface area contributed by atoms with Gasteiger partial charge in [0, 0.05) is 41.0 Å². The fourth-order valence-corrected chi connectivity index (χ4v) is 3.99. The van der Waals surface area contributed by atoms with Crippen LogP contribution in [0.5, 0.6) is 0 Å². The van der Waals surface area contributed by atoms with Crippen molar-refractivity contribution in [1.29, 1.82) is 0 Å². The second kappa shape index (κ2) is 7.13. The van der Waals surface area contributed by atoms with E-state index in [1.54, 1.807) is 30.5 Å². The average Bonchev–Trinajstić information content (AvgIpc) is 3.20. The maximum Gasteiger partial charge on any atom is 0.251 e. The van der Waals surface area contributed by atoms with Crippen LogP contribution >= 0.6 is 23.2 Å². The zero-order valence-corrected chi connectivity index (χ0v) is 16.5. The van der Waals surface area contributed by atoms with Gasteiger partial charge in [0.25, 0.3) is 5.62 Å². The van der Waals surface area contributed by atoms with Gasteiger partial charge in [0.05, 0.1) is 5.02 Å². The first-order chi connectivity index (χ1) is 14.1. The summed E-state index contributed by atoms with van der Waals surface area (Å²) in [6.07, 6.45) is 1.70. The predicted octanol–water partition coefficient (Wildman–Crippen LogP) is 5.15. The first-order valence-corrected chi connectivity index (χ1v) is 9.75. The molecule has 0 fully saturated rings. The third kappa shape index (κ3) is 3.24. The Morgan fingerprint density at radius 2 is 1.93 bits per heavy atom. The number of anilines is 1. The lowest BCUT2D eigenvalue weighted by Gasteiger charge is -2.17. The summed E-state index contributed by atoms with van der Waals surface area (Å²) in [4.78, 5) is 13.1. The van der Waals surface area contributed by atoms with Gasteiger partial charge in [-0.15, -0.1) is 0 Å². The van der Waals surface area contributed by atoms with Crippen molar-refractivity contribution in [3.8, 4) is 22.5 Å². The fraction of sp³-hybridized carbons (Fsp3) is 0.0952. The molecule has 0 spiro atoms. The molecule has 2 aromatic carbocycles. The van der Waals surface area contributed by atoms with Gasteiger partial charge in [-0.2, -0.15) is 4.98 Å². The molecule has 0 radical (unpaired) electrons. The van der Waals surface area contributed by atoms with Crippen LogP contribution in [0.2, 0.25) is 10.0 Å². The van der Waals surface area contributed by atoms with Crippen LogP contribution in [0.4, 0.5) is 15.9 Å². The number of halogens is 3. The van der Waals surface area contributed by atoms with Gasteiger partial charge in [-0.05, 0) is 30.3 Å². The van der Waals surface area contributed by atoms with Gasteiger partial charge in [-0.3, -0.25) is 0 Å². The number of nitrogens with zero attached hydrogens (tertiary/aromatic N) is 4. The van der Waals surface area contributed by atoms with E-state index in [2.05, 4.69) is 24.8 Å². The lowest BCUT2D eigenvalue weighted by molar-refractivity contribution is 0.628. The molecule has 0 saturated heterocycles. The fourth-order valence-electron chi connectivity index (χ4n) is 3.48. The molecule has 144 valence electrons. The number of benzene rings is 2. The molecule has 5 nitrogen and oxygen atoms in total. The zero-order chi connectivity index (χ0) is 20.0. The van der Waals surface area contributed by atoms with Crippen LogP contribution in [0.1, 0.15) is 0 Å². The number of fused-ring (bicyclic) bond motifs is 3. The van der Waals surface area contributed by atoms with E-state index < -0.39 is 5.82 Å². The summed E-state index contributed by atoms with van der Waals surface area (Å²) in [7, 11) is 0. The van der Waals surface area contributed by atoms with E-state index in [4.69, 9.17) is 23.2 Å². The molecule has 0 aliphatic carbocycles. The van der Waals surface area contributed by atoms with Crippen molar-refractivity contribution in [3.05, 3.63) is 76.2 Å². The lowest BCUT2D eigenvalue weighted by atomic mass is 10.0. The largest absolute Gasteiger partial charge is 0.369 e. The Kier molecular flexibility index (Phi) is 4.45. The number of hydrogen-bond donors (Lipinski definition) is 1. The topological polar surface area (TPSA) is 55.1 Å². The first kappa shape index (κ1) is 18.1. The number of rotatable bonds is 2. The van der Waals surface area contributed by atoms with E-state index >= 15 is 0 Å². The Morgan fingerprint density at radius 1 is 1.07 bits per heavy atom. The summed E-state index contributed by atoms with van der Waals surface area (Å²) in [5, 5.41) is 4.55. The molecular formula is C21H14Cl2FN5. The molecule has 0 saturated carbocycles. The summed E-state index contributed by atoms with van der Waals surface area (Å²) < 4.78 is 16.0. The highest BCUT2D eigenvalue weighted by molar-refractivity contribution is 6.36. The summed E-state index contributed by atoms with van der Waals surface area (Å²) >= 11 is 12.5. The van der Waals surface area contributed by atoms with Gasteiger partial charge >= 0.3 is 0 Å². The Labute approximate surface area is 175 Å². The molecule has 3 heterocycles. The van der Waals surface area contributed by atoms with Crippen molar-refractivity contribution in [2.75, 3.05) is 11.9 Å². The Bertz CT molecular complexity index is 1280. The monoisotopic (exact) mass is 425 g/mol. The number of pyridine rings is 1. The summed E-state index contributed by atoms with van der Waals surface area (Å²) in [5.74, 6) is 1.23. The van der Waals surface area contributed by atoms with Gasteiger partial charge in [0.1, 0.15) is 23.1 Å². The SMILES string of the molecule is Fc1ccccc1N=c1ncc2cc(-c3ccc(Cl)cc3Cl)c3n(c-2n1)CCN3. The molecule has 5 rings (SSSR count). The molecule has 3 aliphatic heterocycles. The molecule has 29 heavy (non-hydrogen) atoms. The van der Waals surface area contributed by atoms with Crippen LogP contribution in [0.3, 0.4) is 0 Å². The first-order valence-electron chi connectivity index (χ1n) is 8.99. The van der Waals surface area contributed by atoms with Crippen molar-refractivity contribution in [2.24, 2.45) is 4.99 Å².